The lowest BCUT2D eigenvalue weighted by atomic mass is 9.70. The fourth-order valence-electron chi connectivity index (χ4n) is 6.48. The van der Waals surface area contributed by atoms with E-state index in [1.807, 2.05) is 26.0 Å². The summed E-state index contributed by atoms with van der Waals surface area (Å²) in [5.41, 5.74) is 0.138. The van der Waals surface area contributed by atoms with Gasteiger partial charge in [0.25, 0.3) is 5.91 Å². The minimum atomic E-state index is -1.19. The van der Waals surface area contributed by atoms with Gasteiger partial charge >= 0.3 is 5.97 Å². The molecule has 1 N–H and O–H groups in total. The number of amides is 2. The van der Waals surface area contributed by atoms with E-state index in [2.05, 4.69) is 13.2 Å². The number of unbranched alkanes of at least 4 members (excludes halogenated alkanes) is 1. The van der Waals surface area contributed by atoms with Crippen LogP contribution in [0.15, 0.2) is 43.5 Å². The second-order valence-corrected chi connectivity index (χ2v) is 10.7. The van der Waals surface area contributed by atoms with Crippen LogP contribution in [0.5, 0.6) is 0 Å². The number of ether oxygens (including phenoxy) is 2. The first-order valence-electron chi connectivity index (χ1n) is 13.3. The molecule has 3 aliphatic heterocycles. The lowest BCUT2D eigenvalue weighted by molar-refractivity contribution is -0.155. The number of carbonyl (C=O) groups excluding carboxylic acids is 3. The third-order valence-electron chi connectivity index (χ3n) is 8.15. The molecule has 2 unspecified atom stereocenters. The smallest absolute Gasteiger partial charge is 0.312 e. The Hall–Kier alpha value is -2.68. The van der Waals surface area contributed by atoms with Crippen LogP contribution in [-0.2, 0) is 23.9 Å². The Balaban J connectivity index is 1.76. The molecule has 3 heterocycles. The van der Waals surface area contributed by atoms with Crippen molar-refractivity contribution in [1.29, 1.82) is 0 Å². The number of fused-ring (bicyclic) bond motifs is 1. The molecule has 1 aromatic carbocycles. The van der Waals surface area contributed by atoms with Crippen LogP contribution in [0.25, 0.3) is 0 Å². The number of carbonyl (C=O) groups is 3. The van der Waals surface area contributed by atoms with Gasteiger partial charge in [-0.3, -0.25) is 14.4 Å². The van der Waals surface area contributed by atoms with Gasteiger partial charge in [0, 0.05) is 6.54 Å². The number of aryl methyl sites for hydroxylation is 1. The highest BCUT2D eigenvalue weighted by atomic mass is 35.5. The van der Waals surface area contributed by atoms with E-state index >= 15 is 0 Å². The molecule has 2 bridgehead atoms. The molecular formula is C29H37ClN2O6. The molecule has 2 amide bonds. The van der Waals surface area contributed by atoms with Crippen molar-refractivity contribution in [3.63, 3.8) is 0 Å². The number of rotatable bonds is 12. The highest BCUT2D eigenvalue weighted by Crippen LogP contribution is 2.59. The van der Waals surface area contributed by atoms with E-state index < -0.39 is 41.6 Å². The monoisotopic (exact) mass is 544 g/mol. The number of allylic oxidation sites excluding steroid dienone is 1. The zero-order chi connectivity index (χ0) is 27.6. The number of halogens is 1. The summed E-state index contributed by atoms with van der Waals surface area (Å²) in [6.07, 6.45) is 5.64. The number of esters is 1. The van der Waals surface area contributed by atoms with Gasteiger partial charge in [-0.15, -0.1) is 13.2 Å². The first-order valence-corrected chi connectivity index (χ1v) is 13.7. The number of likely N-dealkylation sites (tertiary alicyclic amines) is 1. The Labute approximate surface area is 229 Å². The van der Waals surface area contributed by atoms with E-state index in [9.17, 15) is 19.5 Å². The van der Waals surface area contributed by atoms with Gasteiger partial charge in [0.2, 0.25) is 5.91 Å². The van der Waals surface area contributed by atoms with Crippen LogP contribution < -0.4 is 4.90 Å². The normalized spacial score (nSPS) is 28.2. The number of para-hydroxylation sites is 1. The molecule has 1 aromatic rings. The summed E-state index contributed by atoms with van der Waals surface area (Å²) >= 11 is 6.57. The van der Waals surface area contributed by atoms with Crippen LogP contribution >= 0.6 is 11.6 Å². The van der Waals surface area contributed by atoms with Crippen molar-refractivity contribution in [2.24, 2.45) is 11.8 Å². The Bertz CT molecular complexity index is 1080. The molecule has 38 heavy (non-hydrogen) atoms. The fraction of sp³-hybridized carbons (Fsp3) is 0.552. The molecule has 0 radical (unpaired) electrons. The average Bonchev–Trinajstić information content (AvgIpc) is 3.54. The third-order valence-corrected chi connectivity index (χ3v) is 8.46. The topological polar surface area (TPSA) is 96.4 Å². The SMILES string of the molecule is C=CCCCOC(=O)[C@@H]1[C@@H]2CCC3(O2)C(C(=O)N(CC=C)c2c(C)cccc2Cl)N([C@@H](CC)CO)C(=O)[C@H]13. The minimum Gasteiger partial charge on any atom is -0.465 e. The number of anilines is 1. The van der Waals surface area contributed by atoms with Gasteiger partial charge in [0.15, 0.2) is 0 Å². The van der Waals surface area contributed by atoms with E-state index in [0.29, 0.717) is 42.8 Å². The number of aliphatic hydroxyl groups excluding tert-OH is 1. The van der Waals surface area contributed by atoms with Crippen molar-refractivity contribution < 1.29 is 29.0 Å². The molecular weight excluding hydrogens is 508 g/mol. The van der Waals surface area contributed by atoms with Gasteiger partial charge in [0.1, 0.15) is 11.6 Å². The van der Waals surface area contributed by atoms with Crippen LogP contribution in [-0.4, -0.2) is 71.3 Å². The Morgan fingerprint density at radius 1 is 1.37 bits per heavy atom. The Kier molecular flexibility index (Phi) is 8.65. The summed E-state index contributed by atoms with van der Waals surface area (Å²) < 4.78 is 12.0. The van der Waals surface area contributed by atoms with Gasteiger partial charge in [-0.1, -0.05) is 42.8 Å². The molecule has 8 nitrogen and oxygen atoms in total. The van der Waals surface area contributed by atoms with Crippen LogP contribution in [0.1, 0.15) is 44.6 Å². The molecule has 0 saturated carbocycles. The molecule has 3 saturated heterocycles. The molecule has 4 rings (SSSR count). The zero-order valence-electron chi connectivity index (χ0n) is 22.1. The Morgan fingerprint density at radius 2 is 2.13 bits per heavy atom. The maximum Gasteiger partial charge on any atom is 0.312 e. The second-order valence-electron chi connectivity index (χ2n) is 10.3. The molecule has 0 aromatic heterocycles. The van der Waals surface area contributed by atoms with E-state index in [-0.39, 0.29) is 31.6 Å². The number of nitrogens with zero attached hydrogens (tertiary/aromatic N) is 2. The van der Waals surface area contributed by atoms with Crippen molar-refractivity contribution in [2.75, 3.05) is 24.7 Å². The van der Waals surface area contributed by atoms with E-state index in [1.54, 1.807) is 18.2 Å². The molecule has 1 spiro atoms. The quantitative estimate of drug-likeness (QED) is 0.244. The van der Waals surface area contributed by atoms with E-state index in [0.717, 1.165) is 5.56 Å². The molecule has 3 fully saturated rings. The largest absolute Gasteiger partial charge is 0.465 e. The maximum atomic E-state index is 14.5. The van der Waals surface area contributed by atoms with Gasteiger partial charge in [-0.25, -0.2) is 0 Å². The van der Waals surface area contributed by atoms with Crippen molar-refractivity contribution in [3.05, 3.63) is 54.1 Å². The summed E-state index contributed by atoms with van der Waals surface area (Å²) in [5, 5.41) is 10.6. The van der Waals surface area contributed by atoms with Gasteiger partial charge < -0.3 is 24.4 Å². The summed E-state index contributed by atoms with van der Waals surface area (Å²) in [6, 6.07) is 3.74. The first kappa shape index (κ1) is 28.3. The first-order chi connectivity index (χ1) is 18.3. The minimum absolute atomic E-state index is 0.163. The van der Waals surface area contributed by atoms with Crippen molar-refractivity contribution in [2.45, 2.75) is 69.7 Å². The summed E-state index contributed by atoms with van der Waals surface area (Å²) in [6.45, 7) is 11.3. The van der Waals surface area contributed by atoms with Crippen LogP contribution in [0, 0.1) is 18.8 Å². The summed E-state index contributed by atoms with van der Waals surface area (Å²) in [7, 11) is 0. The van der Waals surface area contributed by atoms with Crippen molar-refractivity contribution >= 4 is 35.1 Å². The fourth-order valence-corrected chi connectivity index (χ4v) is 6.80. The third kappa shape index (κ3) is 4.56. The Morgan fingerprint density at radius 3 is 2.76 bits per heavy atom. The number of hydrogen-bond acceptors (Lipinski definition) is 6. The summed E-state index contributed by atoms with van der Waals surface area (Å²) in [5.74, 6) is -2.86. The van der Waals surface area contributed by atoms with Gasteiger partial charge in [0.05, 0.1) is 47.9 Å². The highest BCUT2D eigenvalue weighted by molar-refractivity contribution is 6.34. The van der Waals surface area contributed by atoms with Gasteiger partial charge in [-0.05, 0) is 50.7 Å². The number of aliphatic hydroxyl groups is 1. The summed E-state index contributed by atoms with van der Waals surface area (Å²) in [4.78, 5) is 44.9. The van der Waals surface area contributed by atoms with Crippen LogP contribution in [0.2, 0.25) is 5.02 Å². The van der Waals surface area contributed by atoms with Gasteiger partial charge in [-0.2, -0.15) is 0 Å². The lowest BCUT2D eigenvalue weighted by Gasteiger charge is -2.39. The molecule has 3 aliphatic rings. The van der Waals surface area contributed by atoms with Crippen molar-refractivity contribution in [3.8, 4) is 0 Å². The zero-order valence-corrected chi connectivity index (χ0v) is 22.9. The highest BCUT2D eigenvalue weighted by Gasteiger charge is 2.75. The van der Waals surface area contributed by atoms with E-state index in [1.165, 1.54) is 9.80 Å². The molecule has 0 aliphatic carbocycles. The van der Waals surface area contributed by atoms with Crippen LogP contribution in [0.4, 0.5) is 5.69 Å². The molecule has 6 atom stereocenters. The molecule has 206 valence electrons. The predicted molar refractivity (Wildman–Crippen MR) is 145 cm³/mol. The standard InChI is InChI=1S/C29H37ClN2O6/c1-5-8-9-16-37-28(36)22-21-13-14-29(38-21)23(22)26(34)32(19(7-3)17-33)25(29)27(35)31(15-6-2)24-18(4)11-10-12-20(24)30/h5-6,10-12,19,21-23,25,33H,1-2,7-9,13-17H2,3-4H3/t19-,21-,22+,23-,25?,29?/m0/s1. The lowest BCUT2D eigenvalue weighted by Crippen LogP contribution is -2.59. The predicted octanol–water partition coefficient (Wildman–Crippen LogP) is 3.82. The van der Waals surface area contributed by atoms with E-state index in [4.69, 9.17) is 21.1 Å². The maximum absolute atomic E-state index is 14.5. The second kappa shape index (κ2) is 11.6. The van der Waals surface area contributed by atoms with Crippen LogP contribution in [0.3, 0.4) is 0 Å². The average molecular weight is 545 g/mol. The number of benzene rings is 1. The van der Waals surface area contributed by atoms with Crippen molar-refractivity contribution in [1.82, 2.24) is 4.90 Å². The number of hydrogen-bond donors (Lipinski definition) is 1. The molecule has 9 heteroatoms.